The summed E-state index contributed by atoms with van der Waals surface area (Å²) in [7, 11) is 0. The van der Waals surface area contributed by atoms with Gasteiger partial charge in [-0.1, -0.05) is 0 Å². The third-order valence-corrected chi connectivity index (χ3v) is 1.91. The van der Waals surface area contributed by atoms with Gasteiger partial charge in [0.05, 0.1) is 0 Å². The quantitative estimate of drug-likeness (QED) is 0.584. The fourth-order valence-corrected chi connectivity index (χ4v) is 1.22. The van der Waals surface area contributed by atoms with Crippen LogP contribution in [0.2, 0.25) is 0 Å². The number of amides is 2. The van der Waals surface area contributed by atoms with E-state index in [9.17, 15) is 9.59 Å². The summed E-state index contributed by atoms with van der Waals surface area (Å²) in [5, 5.41) is 8.64. The molecule has 1 aliphatic rings. The molecule has 0 bridgehead atoms. The number of aliphatic imine (C=N–C) groups is 1. The normalized spacial score (nSPS) is 22.4. The Morgan fingerprint density at radius 1 is 1.69 bits per heavy atom. The molecule has 0 spiro atoms. The number of nitrogens with two attached hydrogens (primary N) is 1. The van der Waals surface area contributed by atoms with Gasteiger partial charge in [0.1, 0.15) is 5.84 Å². The first-order valence-corrected chi connectivity index (χ1v) is 3.86. The molecule has 0 aromatic heterocycles. The molecule has 0 unspecified atom stereocenters. The Balaban J connectivity index is 2.78. The highest BCUT2D eigenvalue weighted by atomic mass is 16.4. The van der Waals surface area contributed by atoms with E-state index in [1.165, 1.54) is 4.90 Å². The van der Waals surface area contributed by atoms with Crippen LogP contribution >= 0.6 is 0 Å². The van der Waals surface area contributed by atoms with Crippen LogP contribution in [0.1, 0.15) is 13.3 Å². The van der Waals surface area contributed by atoms with Crippen LogP contribution in [-0.2, 0) is 4.79 Å². The first-order chi connectivity index (χ1) is 6.02. The lowest BCUT2D eigenvalue weighted by molar-refractivity contribution is -0.138. The molecule has 72 valence electrons. The molecule has 1 rings (SSSR count). The number of hydrogen-bond acceptors (Lipinski definition) is 3. The lowest BCUT2D eigenvalue weighted by Crippen LogP contribution is -2.45. The van der Waals surface area contributed by atoms with Gasteiger partial charge >= 0.3 is 12.0 Å². The van der Waals surface area contributed by atoms with Crippen molar-refractivity contribution in [3.05, 3.63) is 0 Å². The minimum atomic E-state index is -0.969. The van der Waals surface area contributed by atoms with E-state index in [-0.39, 0.29) is 0 Å². The number of urea groups is 1. The van der Waals surface area contributed by atoms with Crippen molar-refractivity contribution in [3.8, 4) is 0 Å². The highest BCUT2D eigenvalue weighted by molar-refractivity contribution is 5.97. The molecule has 3 N–H and O–H groups in total. The second-order valence-corrected chi connectivity index (χ2v) is 2.81. The Morgan fingerprint density at radius 2 is 2.31 bits per heavy atom. The van der Waals surface area contributed by atoms with Gasteiger partial charge in [0, 0.05) is 6.54 Å². The van der Waals surface area contributed by atoms with Gasteiger partial charge in [-0.05, 0) is 13.3 Å². The van der Waals surface area contributed by atoms with Crippen LogP contribution in [0.15, 0.2) is 4.99 Å². The number of carbonyl (C=O) groups is 2. The maximum Gasteiger partial charge on any atom is 0.328 e. The van der Waals surface area contributed by atoms with Crippen LogP contribution in [0.3, 0.4) is 0 Å². The minimum Gasteiger partial charge on any atom is -0.480 e. The van der Waals surface area contributed by atoms with E-state index in [0.717, 1.165) is 0 Å². The van der Waals surface area contributed by atoms with Crippen molar-refractivity contribution in [2.24, 2.45) is 10.7 Å². The smallest absolute Gasteiger partial charge is 0.328 e. The van der Waals surface area contributed by atoms with Gasteiger partial charge in [0.25, 0.3) is 0 Å². The van der Waals surface area contributed by atoms with Crippen molar-refractivity contribution in [2.75, 3.05) is 6.54 Å². The summed E-state index contributed by atoms with van der Waals surface area (Å²) < 4.78 is 0. The predicted molar refractivity (Wildman–Crippen MR) is 45.4 cm³/mol. The van der Waals surface area contributed by atoms with Crippen molar-refractivity contribution in [1.82, 2.24) is 4.90 Å². The number of nitrogens with zero attached hydrogens (tertiary/aromatic N) is 2. The fraction of sp³-hybridized carbons (Fsp3) is 0.571. The number of carboxylic acids is 1. The van der Waals surface area contributed by atoms with E-state index < -0.39 is 18.0 Å². The number of amidine groups is 1. The van der Waals surface area contributed by atoms with E-state index in [4.69, 9.17) is 10.8 Å². The molecule has 0 aliphatic carbocycles. The third kappa shape index (κ3) is 1.95. The number of primary amides is 1. The average Bonchev–Trinajstić information content (AvgIpc) is 2.03. The van der Waals surface area contributed by atoms with Crippen molar-refractivity contribution >= 4 is 17.8 Å². The molecule has 0 aromatic carbocycles. The van der Waals surface area contributed by atoms with Crippen LogP contribution in [0, 0.1) is 0 Å². The SMILES string of the molecule is CC1=N[C@H](C(=O)O)CCN1C(N)=O. The third-order valence-electron chi connectivity index (χ3n) is 1.91. The number of carboxylic acid groups (broad SMARTS) is 1. The van der Waals surface area contributed by atoms with Crippen LogP contribution in [0.4, 0.5) is 4.79 Å². The predicted octanol–water partition coefficient (Wildman–Crippen LogP) is -0.358. The molecule has 0 fully saturated rings. The van der Waals surface area contributed by atoms with E-state index >= 15 is 0 Å². The lowest BCUT2D eigenvalue weighted by Gasteiger charge is -2.26. The number of rotatable bonds is 1. The maximum atomic E-state index is 10.8. The number of hydrogen-bond donors (Lipinski definition) is 2. The fourth-order valence-electron chi connectivity index (χ4n) is 1.22. The van der Waals surface area contributed by atoms with Gasteiger partial charge in [0.2, 0.25) is 0 Å². The number of aliphatic carboxylic acids is 1. The average molecular weight is 185 g/mol. The minimum absolute atomic E-state index is 0.315. The molecule has 2 amide bonds. The van der Waals surface area contributed by atoms with Crippen molar-refractivity contribution in [3.63, 3.8) is 0 Å². The summed E-state index contributed by atoms with van der Waals surface area (Å²) >= 11 is 0. The highest BCUT2D eigenvalue weighted by Gasteiger charge is 2.25. The molecule has 1 heterocycles. The Kier molecular flexibility index (Phi) is 2.50. The second-order valence-electron chi connectivity index (χ2n) is 2.81. The van der Waals surface area contributed by atoms with Gasteiger partial charge in [-0.2, -0.15) is 0 Å². The molecule has 13 heavy (non-hydrogen) atoms. The Morgan fingerprint density at radius 3 is 2.69 bits per heavy atom. The molecule has 1 atom stereocenters. The van der Waals surface area contributed by atoms with Crippen molar-refractivity contribution < 1.29 is 14.7 Å². The summed E-state index contributed by atoms with van der Waals surface area (Å²) in [5.41, 5.74) is 5.04. The van der Waals surface area contributed by atoms with Gasteiger partial charge in [-0.3, -0.25) is 9.89 Å². The standard InChI is InChI=1S/C7H11N3O3/c1-4-9-5(6(11)12)2-3-10(4)7(8)13/h5H,2-3H2,1H3,(H2,8,13)(H,11,12)/t5-/m0/s1. The summed E-state index contributed by atoms with van der Waals surface area (Å²) in [5.74, 6) is -0.602. The van der Waals surface area contributed by atoms with E-state index in [1.54, 1.807) is 6.92 Å². The maximum absolute atomic E-state index is 10.8. The molecule has 6 nitrogen and oxygen atoms in total. The molecular formula is C7H11N3O3. The topological polar surface area (TPSA) is 96.0 Å². The zero-order chi connectivity index (χ0) is 10.0. The van der Waals surface area contributed by atoms with Crippen LogP contribution in [0.25, 0.3) is 0 Å². The Hall–Kier alpha value is -1.59. The van der Waals surface area contributed by atoms with Crippen LogP contribution < -0.4 is 5.73 Å². The summed E-state index contributed by atoms with van der Waals surface area (Å²) in [6.45, 7) is 1.89. The van der Waals surface area contributed by atoms with E-state index in [1.807, 2.05) is 0 Å². The van der Waals surface area contributed by atoms with Gasteiger partial charge in [-0.25, -0.2) is 9.59 Å². The molecule has 0 saturated heterocycles. The van der Waals surface area contributed by atoms with Gasteiger partial charge in [0.15, 0.2) is 6.04 Å². The van der Waals surface area contributed by atoms with Crippen molar-refractivity contribution in [1.29, 1.82) is 0 Å². The van der Waals surface area contributed by atoms with Gasteiger partial charge in [-0.15, -0.1) is 0 Å². The Bertz CT molecular complexity index is 274. The first-order valence-electron chi connectivity index (χ1n) is 3.86. The van der Waals surface area contributed by atoms with Crippen LogP contribution in [0.5, 0.6) is 0 Å². The molecular weight excluding hydrogens is 174 g/mol. The molecule has 0 radical (unpaired) electrons. The molecule has 1 aliphatic heterocycles. The summed E-state index contributed by atoms with van der Waals surface area (Å²) in [4.78, 5) is 26.4. The summed E-state index contributed by atoms with van der Waals surface area (Å²) in [6, 6.07) is -1.33. The van der Waals surface area contributed by atoms with E-state index in [0.29, 0.717) is 18.8 Å². The van der Waals surface area contributed by atoms with Crippen LogP contribution in [-0.4, -0.2) is 40.4 Å². The largest absolute Gasteiger partial charge is 0.480 e. The molecule has 6 heteroatoms. The zero-order valence-corrected chi connectivity index (χ0v) is 7.23. The lowest BCUT2D eigenvalue weighted by atomic mass is 10.2. The molecule has 0 aromatic rings. The molecule has 0 saturated carbocycles. The van der Waals surface area contributed by atoms with Crippen molar-refractivity contribution in [2.45, 2.75) is 19.4 Å². The van der Waals surface area contributed by atoms with Gasteiger partial charge < -0.3 is 10.8 Å². The number of carbonyl (C=O) groups excluding carboxylic acids is 1. The first kappa shape index (κ1) is 9.50. The highest BCUT2D eigenvalue weighted by Crippen LogP contribution is 2.09. The second kappa shape index (κ2) is 3.42. The Labute approximate surface area is 75.0 Å². The van der Waals surface area contributed by atoms with E-state index in [2.05, 4.69) is 4.99 Å². The zero-order valence-electron chi connectivity index (χ0n) is 7.23. The summed E-state index contributed by atoms with van der Waals surface area (Å²) in [6.07, 6.45) is 0.315. The monoisotopic (exact) mass is 185 g/mol.